The van der Waals surface area contributed by atoms with Crippen molar-refractivity contribution in [2.75, 3.05) is 13.1 Å². The lowest BCUT2D eigenvalue weighted by atomic mass is 9.80. The SMILES string of the molecule is CC(C)c1cc(C(C)C)c(S(=O)(=O)[N+]#CC(C(=O)N2C[C@H]3C([C@H]2C(=O)N[C@H](C#N)C[C@@H]2CCNC2=O)C3(C)C)C(C)(C)C)c(C(C)C)c1. The Morgan fingerprint density at radius 2 is 1.67 bits per heavy atom. The van der Waals surface area contributed by atoms with E-state index in [-0.39, 0.29) is 58.1 Å². The Labute approximate surface area is 287 Å². The molecule has 262 valence electrons. The van der Waals surface area contributed by atoms with Crippen LogP contribution in [0, 0.1) is 51.9 Å². The fraction of sp³-hybridized carbons (Fsp3) is 0.703. The molecule has 2 saturated heterocycles. The molecule has 48 heavy (non-hydrogen) atoms. The van der Waals surface area contributed by atoms with E-state index in [0.29, 0.717) is 30.6 Å². The van der Waals surface area contributed by atoms with Gasteiger partial charge < -0.3 is 15.5 Å². The van der Waals surface area contributed by atoms with E-state index < -0.39 is 45.3 Å². The fourth-order valence-corrected chi connectivity index (χ4v) is 9.03. The maximum Gasteiger partial charge on any atom is 0.510 e. The second kappa shape index (κ2) is 13.5. The third kappa shape index (κ3) is 7.27. The number of hydrogen-bond donors (Lipinski definition) is 2. The smallest absolute Gasteiger partial charge is 0.356 e. The number of benzene rings is 1. The van der Waals surface area contributed by atoms with Crippen LogP contribution in [0.2, 0.25) is 0 Å². The maximum absolute atomic E-state index is 14.4. The van der Waals surface area contributed by atoms with Gasteiger partial charge in [-0.25, -0.2) is 0 Å². The minimum absolute atomic E-state index is 0.0829. The first kappa shape index (κ1) is 37.4. The average Bonchev–Trinajstić information content (AvgIpc) is 3.31. The summed E-state index contributed by atoms with van der Waals surface area (Å²) in [6, 6.07) is 7.08. The van der Waals surface area contributed by atoms with Crippen LogP contribution in [0.1, 0.15) is 123 Å². The lowest BCUT2D eigenvalue weighted by molar-refractivity contribution is -0.144. The summed E-state index contributed by atoms with van der Waals surface area (Å²) in [6.45, 7) is 22.5. The first-order valence-corrected chi connectivity index (χ1v) is 18.8. The van der Waals surface area contributed by atoms with E-state index in [1.807, 2.05) is 60.6 Å². The summed E-state index contributed by atoms with van der Waals surface area (Å²) < 4.78 is 32.3. The minimum Gasteiger partial charge on any atom is -0.356 e. The van der Waals surface area contributed by atoms with Gasteiger partial charge >= 0.3 is 16.1 Å². The van der Waals surface area contributed by atoms with Crippen LogP contribution in [0.5, 0.6) is 0 Å². The van der Waals surface area contributed by atoms with Gasteiger partial charge in [-0.3, -0.25) is 14.4 Å². The fourth-order valence-electron chi connectivity index (χ4n) is 7.51. The van der Waals surface area contributed by atoms with E-state index in [4.69, 9.17) is 0 Å². The lowest BCUT2D eigenvalue weighted by Gasteiger charge is -2.34. The number of rotatable bonds is 9. The van der Waals surface area contributed by atoms with Crippen molar-refractivity contribution >= 4 is 27.7 Å². The molecule has 3 aliphatic rings. The number of nitriles is 1. The van der Waals surface area contributed by atoms with Crippen molar-refractivity contribution in [1.29, 1.82) is 5.26 Å². The Morgan fingerprint density at radius 1 is 1.08 bits per heavy atom. The number of nitrogens with zero attached hydrogens (tertiary/aromatic N) is 3. The van der Waals surface area contributed by atoms with Crippen molar-refractivity contribution in [1.82, 2.24) is 15.5 Å². The molecule has 6 atom stereocenters. The molecular formula is C37H54N5O5S+. The van der Waals surface area contributed by atoms with Crippen LogP contribution in [0.25, 0.3) is 4.25 Å². The van der Waals surface area contributed by atoms with Crippen molar-refractivity contribution in [2.45, 2.75) is 124 Å². The summed E-state index contributed by atoms with van der Waals surface area (Å²) in [5, 5.41) is 15.4. The molecule has 1 aromatic rings. The van der Waals surface area contributed by atoms with Crippen LogP contribution in [0.15, 0.2) is 17.0 Å². The minimum atomic E-state index is -4.26. The summed E-state index contributed by atoms with van der Waals surface area (Å²) >= 11 is 0. The molecule has 2 heterocycles. The molecule has 3 amide bonds. The normalized spacial score (nSPS) is 24.4. The van der Waals surface area contributed by atoms with Crippen LogP contribution in [-0.2, 0) is 24.4 Å². The van der Waals surface area contributed by atoms with Gasteiger partial charge in [-0.15, -0.1) is 8.42 Å². The maximum atomic E-state index is 14.4. The highest BCUT2D eigenvalue weighted by molar-refractivity contribution is 7.93. The Balaban J connectivity index is 1.69. The highest BCUT2D eigenvalue weighted by Gasteiger charge is 2.70. The number of carbonyl (C=O) groups excluding carboxylic acids is 3. The Bertz CT molecular complexity index is 1640. The summed E-state index contributed by atoms with van der Waals surface area (Å²) in [6.07, 6.45) is 0.799. The topological polar surface area (TPSA) is 141 Å². The van der Waals surface area contributed by atoms with E-state index in [0.717, 1.165) is 5.56 Å². The molecule has 1 aliphatic carbocycles. The molecule has 2 N–H and O–H groups in total. The molecule has 2 aliphatic heterocycles. The predicted molar refractivity (Wildman–Crippen MR) is 186 cm³/mol. The van der Waals surface area contributed by atoms with Gasteiger partial charge in [-0.05, 0) is 70.0 Å². The van der Waals surface area contributed by atoms with E-state index in [9.17, 15) is 28.1 Å². The zero-order valence-electron chi connectivity index (χ0n) is 30.5. The number of carbonyl (C=O) groups is 3. The Kier molecular flexibility index (Phi) is 10.5. The Morgan fingerprint density at radius 3 is 2.12 bits per heavy atom. The summed E-state index contributed by atoms with van der Waals surface area (Å²) in [4.78, 5) is 42.1. The molecule has 10 nitrogen and oxygen atoms in total. The van der Waals surface area contributed by atoms with E-state index in [1.165, 1.54) is 4.90 Å². The van der Waals surface area contributed by atoms with Gasteiger partial charge in [0.1, 0.15) is 12.1 Å². The van der Waals surface area contributed by atoms with Crippen molar-refractivity contribution < 1.29 is 22.8 Å². The first-order valence-electron chi connectivity index (χ1n) is 17.3. The lowest BCUT2D eigenvalue weighted by Crippen LogP contribution is -2.54. The number of amides is 3. The number of likely N-dealkylation sites (tertiary alicyclic amines) is 1. The molecular weight excluding hydrogens is 627 g/mol. The van der Waals surface area contributed by atoms with Crippen LogP contribution in [-0.4, -0.2) is 56.2 Å². The van der Waals surface area contributed by atoms with Gasteiger partial charge in [-0.2, -0.15) is 5.26 Å². The number of fused-ring (bicyclic) bond motifs is 1. The standard InChI is InChI=1S/C37H53N5O5S/c1-20(2)24-15-26(21(3)4)32(27(16-24)22(5)6)48(46,47)40-18-28(36(7,8)9)35(45)42-19-29-30(37(29,10)11)31(42)34(44)41-25(17-38)14-23-12-13-39-33(23)43/h15-16,20-23,25,28-31H,12-14,19H2,1-11H3,(H-,39,41,43,44)/p+1/t23-,25-,28?,29-,30?,31-/m0/s1. The molecule has 0 aromatic heterocycles. The molecule has 11 heteroatoms. The average molecular weight is 681 g/mol. The third-order valence-corrected chi connectivity index (χ3v) is 12.0. The van der Waals surface area contributed by atoms with Crippen molar-refractivity contribution in [3.8, 4) is 12.1 Å². The molecule has 4 rings (SSSR count). The zero-order chi connectivity index (χ0) is 36.1. The van der Waals surface area contributed by atoms with Gasteiger partial charge in [0.2, 0.25) is 17.7 Å². The molecule has 0 radical (unpaired) electrons. The van der Waals surface area contributed by atoms with Gasteiger partial charge in [-0.1, -0.05) is 88.3 Å². The molecule has 0 spiro atoms. The summed E-state index contributed by atoms with van der Waals surface area (Å²) in [5.41, 5.74) is 1.49. The van der Waals surface area contributed by atoms with Gasteiger partial charge in [0, 0.05) is 19.0 Å². The van der Waals surface area contributed by atoms with Crippen molar-refractivity contribution in [3.63, 3.8) is 0 Å². The van der Waals surface area contributed by atoms with Crippen LogP contribution >= 0.6 is 0 Å². The number of piperidine rings is 1. The summed E-state index contributed by atoms with van der Waals surface area (Å²) in [5.74, 6) is -2.37. The van der Waals surface area contributed by atoms with Crippen molar-refractivity contribution in [2.24, 2.45) is 34.5 Å². The zero-order valence-corrected chi connectivity index (χ0v) is 31.3. The highest BCUT2D eigenvalue weighted by Crippen LogP contribution is 2.65. The third-order valence-electron chi connectivity index (χ3n) is 10.7. The quantitative estimate of drug-likeness (QED) is 0.340. The second-order valence-electron chi connectivity index (χ2n) is 16.6. The van der Waals surface area contributed by atoms with E-state index in [2.05, 4.69) is 54.7 Å². The Hall–Kier alpha value is -3.44. The van der Waals surface area contributed by atoms with Crippen LogP contribution in [0.4, 0.5) is 0 Å². The molecule has 1 saturated carbocycles. The van der Waals surface area contributed by atoms with Crippen LogP contribution in [0.3, 0.4) is 0 Å². The second-order valence-corrected chi connectivity index (χ2v) is 18.1. The van der Waals surface area contributed by atoms with Gasteiger partial charge in [0.05, 0.1) is 10.3 Å². The molecule has 3 fully saturated rings. The number of hydrogen-bond acceptors (Lipinski definition) is 6. The number of nitrogens with one attached hydrogen (secondary N) is 2. The molecule has 0 bridgehead atoms. The van der Waals surface area contributed by atoms with Crippen molar-refractivity contribution in [3.05, 3.63) is 33.1 Å². The first-order chi connectivity index (χ1) is 22.1. The van der Waals surface area contributed by atoms with Gasteiger partial charge in [0.25, 0.3) is 0 Å². The highest BCUT2D eigenvalue weighted by atomic mass is 32.2. The predicted octanol–water partition coefficient (Wildman–Crippen LogP) is 5.76. The van der Waals surface area contributed by atoms with E-state index >= 15 is 0 Å². The number of sulfonamides is 1. The summed E-state index contributed by atoms with van der Waals surface area (Å²) in [7, 11) is -4.26. The van der Waals surface area contributed by atoms with E-state index in [1.54, 1.807) is 0 Å². The molecule has 1 aromatic carbocycles. The van der Waals surface area contributed by atoms with Crippen LogP contribution < -0.4 is 10.6 Å². The monoisotopic (exact) mass is 680 g/mol. The molecule has 2 unspecified atom stereocenters. The van der Waals surface area contributed by atoms with Gasteiger partial charge in [0.15, 0.2) is 10.8 Å². The largest absolute Gasteiger partial charge is 0.510 e.